The number of nitrogens with one attached hydrogen (secondary N) is 1. The first-order valence-corrected chi connectivity index (χ1v) is 6.44. The molecule has 6 heteroatoms. The standard InChI is InChI=1S/C13H14N6/c1-4-17-19(6-1)10-3-7-18(8-10)13-11-2-5-14-12(11)15-9-16-13/h1-2,4-6,9-10H,3,7-8H2,(H,14,15,16). The molecule has 0 aromatic carbocycles. The number of anilines is 1. The number of hydrogen-bond donors (Lipinski definition) is 1. The molecule has 0 saturated carbocycles. The average Bonchev–Trinajstić information content (AvgIpc) is 3.18. The normalized spacial score (nSPS) is 19.4. The van der Waals surface area contributed by atoms with Gasteiger partial charge in [-0.2, -0.15) is 5.10 Å². The van der Waals surface area contributed by atoms with E-state index in [9.17, 15) is 0 Å². The lowest BCUT2D eigenvalue weighted by atomic mass is 10.3. The highest BCUT2D eigenvalue weighted by molar-refractivity contribution is 5.87. The summed E-state index contributed by atoms with van der Waals surface area (Å²) in [5.74, 6) is 1.01. The number of H-pyrrole nitrogens is 1. The molecule has 1 aliphatic rings. The van der Waals surface area contributed by atoms with Gasteiger partial charge in [0.1, 0.15) is 17.8 Å². The highest BCUT2D eigenvalue weighted by Crippen LogP contribution is 2.29. The van der Waals surface area contributed by atoms with Crippen molar-refractivity contribution in [2.75, 3.05) is 18.0 Å². The quantitative estimate of drug-likeness (QED) is 0.754. The van der Waals surface area contributed by atoms with Crippen molar-refractivity contribution in [2.45, 2.75) is 12.5 Å². The minimum atomic E-state index is 0.430. The van der Waals surface area contributed by atoms with E-state index in [-0.39, 0.29) is 0 Å². The number of aromatic nitrogens is 5. The molecule has 96 valence electrons. The molecule has 0 spiro atoms. The summed E-state index contributed by atoms with van der Waals surface area (Å²) in [6.07, 6.45) is 8.48. The van der Waals surface area contributed by atoms with Crippen LogP contribution in [-0.4, -0.2) is 37.8 Å². The van der Waals surface area contributed by atoms with Gasteiger partial charge in [-0.3, -0.25) is 4.68 Å². The number of fused-ring (bicyclic) bond motifs is 1. The lowest BCUT2D eigenvalue weighted by molar-refractivity contribution is 0.494. The van der Waals surface area contributed by atoms with Crippen LogP contribution < -0.4 is 4.90 Å². The molecular formula is C13H14N6. The van der Waals surface area contributed by atoms with E-state index in [2.05, 4.69) is 25.0 Å². The Balaban J connectivity index is 1.66. The van der Waals surface area contributed by atoms with Gasteiger partial charge in [0.15, 0.2) is 0 Å². The minimum Gasteiger partial charge on any atom is -0.354 e. The molecule has 1 unspecified atom stereocenters. The van der Waals surface area contributed by atoms with Crippen LogP contribution in [0.4, 0.5) is 5.82 Å². The fourth-order valence-electron chi connectivity index (χ4n) is 2.76. The monoisotopic (exact) mass is 254 g/mol. The second kappa shape index (κ2) is 4.08. The zero-order chi connectivity index (χ0) is 12.7. The van der Waals surface area contributed by atoms with Crippen LogP contribution in [0.1, 0.15) is 12.5 Å². The van der Waals surface area contributed by atoms with Crippen LogP contribution in [0.15, 0.2) is 37.1 Å². The van der Waals surface area contributed by atoms with Crippen LogP contribution in [0.5, 0.6) is 0 Å². The van der Waals surface area contributed by atoms with Crippen LogP contribution in [-0.2, 0) is 0 Å². The fraction of sp³-hybridized carbons (Fsp3) is 0.308. The van der Waals surface area contributed by atoms with Gasteiger partial charge in [0.2, 0.25) is 0 Å². The zero-order valence-corrected chi connectivity index (χ0v) is 10.4. The maximum atomic E-state index is 4.44. The number of rotatable bonds is 2. The molecule has 3 aromatic rings. The Morgan fingerprint density at radius 3 is 3.21 bits per heavy atom. The van der Waals surface area contributed by atoms with Gasteiger partial charge >= 0.3 is 0 Å². The van der Waals surface area contributed by atoms with Crippen LogP contribution in [0.3, 0.4) is 0 Å². The van der Waals surface area contributed by atoms with Crippen LogP contribution in [0, 0.1) is 0 Å². The lowest BCUT2D eigenvalue weighted by Gasteiger charge is -2.18. The first-order valence-electron chi connectivity index (χ1n) is 6.44. The molecule has 1 atom stereocenters. The van der Waals surface area contributed by atoms with E-state index in [1.54, 1.807) is 6.33 Å². The van der Waals surface area contributed by atoms with Gasteiger partial charge in [0.25, 0.3) is 0 Å². The van der Waals surface area contributed by atoms with Crippen molar-refractivity contribution in [2.24, 2.45) is 0 Å². The van der Waals surface area contributed by atoms with Crippen molar-refractivity contribution in [1.29, 1.82) is 0 Å². The van der Waals surface area contributed by atoms with Gasteiger partial charge in [-0.1, -0.05) is 0 Å². The first-order chi connectivity index (χ1) is 9.42. The molecule has 19 heavy (non-hydrogen) atoms. The summed E-state index contributed by atoms with van der Waals surface area (Å²) >= 11 is 0. The SMILES string of the molecule is c1cnn(C2CCN(c3ncnc4[nH]ccc34)C2)c1. The predicted molar refractivity (Wildman–Crippen MR) is 72.0 cm³/mol. The van der Waals surface area contributed by atoms with Crippen molar-refractivity contribution < 1.29 is 0 Å². The molecule has 4 heterocycles. The summed E-state index contributed by atoms with van der Waals surface area (Å²) in [5.41, 5.74) is 0.896. The molecule has 1 saturated heterocycles. The van der Waals surface area contributed by atoms with Crippen molar-refractivity contribution in [3.8, 4) is 0 Å². The maximum absolute atomic E-state index is 4.44. The third-order valence-corrected chi connectivity index (χ3v) is 3.69. The van der Waals surface area contributed by atoms with E-state index in [1.807, 2.05) is 35.4 Å². The summed E-state index contributed by atoms with van der Waals surface area (Å²) in [6, 6.07) is 4.43. The van der Waals surface area contributed by atoms with E-state index >= 15 is 0 Å². The van der Waals surface area contributed by atoms with Gasteiger partial charge in [-0.25, -0.2) is 9.97 Å². The van der Waals surface area contributed by atoms with Crippen molar-refractivity contribution in [1.82, 2.24) is 24.7 Å². The molecule has 1 fully saturated rings. The fourth-order valence-corrected chi connectivity index (χ4v) is 2.76. The number of hydrogen-bond acceptors (Lipinski definition) is 4. The van der Waals surface area contributed by atoms with Gasteiger partial charge in [-0.15, -0.1) is 0 Å². The van der Waals surface area contributed by atoms with Crippen molar-refractivity contribution in [3.05, 3.63) is 37.1 Å². The molecular weight excluding hydrogens is 240 g/mol. The molecule has 6 nitrogen and oxygen atoms in total. The average molecular weight is 254 g/mol. The number of nitrogens with zero attached hydrogens (tertiary/aromatic N) is 5. The second-order valence-electron chi connectivity index (χ2n) is 4.81. The van der Waals surface area contributed by atoms with Gasteiger partial charge in [0, 0.05) is 31.7 Å². The summed E-state index contributed by atoms with van der Waals surface area (Å²) in [6.45, 7) is 1.95. The Bertz CT molecular complexity index is 686. The summed E-state index contributed by atoms with van der Waals surface area (Å²) in [4.78, 5) is 14.1. The Morgan fingerprint density at radius 1 is 1.32 bits per heavy atom. The Hall–Kier alpha value is -2.37. The van der Waals surface area contributed by atoms with Gasteiger partial charge < -0.3 is 9.88 Å². The number of aromatic amines is 1. The van der Waals surface area contributed by atoms with E-state index < -0.39 is 0 Å². The molecule has 1 N–H and O–H groups in total. The second-order valence-corrected chi connectivity index (χ2v) is 4.81. The topological polar surface area (TPSA) is 62.6 Å². The Kier molecular flexibility index (Phi) is 2.26. The largest absolute Gasteiger partial charge is 0.354 e. The zero-order valence-electron chi connectivity index (χ0n) is 10.4. The molecule has 0 bridgehead atoms. The van der Waals surface area contributed by atoms with Crippen LogP contribution in [0.25, 0.3) is 11.0 Å². The highest BCUT2D eigenvalue weighted by Gasteiger charge is 2.26. The molecule has 4 rings (SSSR count). The van der Waals surface area contributed by atoms with Gasteiger partial charge in [0.05, 0.1) is 11.4 Å². The third kappa shape index (κ3) is 1.68. The van der Waals surface area contributed by atoms with E-state index in [4.69, 9.17) is 0 Å². The van der Waals surface area contributed by atoms with E-state index in [1.165, 1.54) is 0 Å². The Morgan fingerprint density at radius 2 is 2.32 bits per heavy atom. The highest BCUT2D eigenvalue weighted by atomic mass is 15.3. The van der Waals surface area contributed by atoms with E-state index in [0.29, 0.717) is 6.04 Å². The predicted octanol–water partition coefficient (Wildman–Crippen LogP) is 1.61. The van der Waals surface area contributed by atoms with Crippen LogP contribution in [0.2, 0.25) is 0 Å². The van der Waals surface area contributed by atoms with Crippen molar-refractivity contribution in [3.63, 3.8) is 0 Å². The summed E-state index contributed by atoms with van der Waals surface area (Å²) in [5, 5.41) is 5.42. The lowest BCUT2D eigenvalue weighted by Crippen LogP contribution is -2.22. The van der Waals surface area contributed by atoms with Crippen LogP contribution >= 0.6 is 0 Å². The molecule has 0 radical (unpaired) electrons. The van der Waals surface area contributed by atoms with E-state index in [0.717, 1.165) is 36.4 Å². The molecule has 0 amide bonds. The summed E-state index contributed by atoms with van der Waals surface area (Å²) in [7, 11) is 0. The Labute approximate surface area is 110 Å². The first kappa shape index (κ1) is 10.5. The van der Waals surface area contributed by atoms with Crippen molar-refractivity contribution >= 4 is 16.9 Å². The van der Waals surface area contributed by atoms with Gasteiger partial charge in [-0.05, 0) is 18.6 Å². The molecule has 0 aliphatic carbocycles. The minimum absolute atomic E-state index is 0.430. The molecule has 1 aliphatic heterocycles. The third-order valence-electron chi connectivity index (χ3n) is 3.69. The maximum Gasteiger partial charge on any atom is 0.142 e. The smallest absolute Gasteiger partial charge is 0.142 e. The summed E-state index contributed by atoms with van der Waals surface area (Å²) < 4.78 is 2.04. The molecule has 3 aromatic heterocycles.